The standard InChI is InChI=1S/C18H21N3O4S2/c1-3-5-10-8-13(22)21-18(19-10)26-9-14(23)20-16-15(17(24)25-2)11-6-4-7-12(11)27-16/h8H,3-7,9H2,1-2H3,(H,20,23)(H,19,21,22). The molecular formula is C18H21N3O4S2. The van der Waals surface area contributed by atoms with Crippen LogP contribution in [0, 0.1) is 0 Å². The number of hydrogen-bond donors (Lipinski definition) is 2. The van der Waals surface area contributed by atoms with E-state index < -0.39 is 5.97 Å². The number of nitrogens with one attached hydrogen (secondary N) is 2. The number of carbonyl (C=O) groups is 2. The summed E-state index contributed by atoms with van der Waals surface area (Å²) in [5.41, 5.74) is 1.96. The molecule has 7 nitrogen and oxygen atoms in total. The van der Waals surface area contributed by atoms with Gasteiger partial charge in [-0.25, -0.2) is 9.78 Å². The van der Waals surface area contributed by atoms with E-state index >= 15 is 0 Å². The lowest BCUT2D eigenvalue weighted by Gasteiger charge is -2.07. The zero-order chi connectivity index (χ0) is 19.4. The van der Waals surface area contributed by atoms with E-state index in [1.165, 1.54) is 24.5 Å². The van der Waals surface area contributed by atoms with Gasteiger partial charge in [-0.15, -0.1) is 11.3 Å². The van der Waals surface area contributed by atoms with Gasteiger partial charge in [0.25, 0.3) is 5.56 Å². The first-order valence-corrected chi connectivity index (χ1v) is 10.6. The minimum atomic E-state index is -0.421. The Bertz CT molecular complexity index is 920. The van der Waals surface area contributed by atoms with Crippen molar-refractivity contribution in [3.05, 3.63) is 38.1 Å². The topological polar surface area (TPSA) is 101 Å². The number of hydrogen-bond acceptors (Lipinski definition) is 7. The number of amides is 1. The summed E-state index contributed by atoms with van der Waals surface area (Å²) in [6.45, 7) is 2.01. The highest BCUT2D eigenvalue weighted by atomic mass is 32.2. The summed E-state index contributed by atoms with van der Waals surface area (Å²) < 4.78 is 4.88. The van der Waals surface area contributed by atoms with E-state index in [0.29, 0.717) is 27.8 Å². The first-order valence-electron chi connectivity index (χ1n) is 8.77. The molecule has 2 heterocycles. The highest BCUT2D eigenvalue weighted by Crippen LogP contribution is 2.39. The van der Waals surface area contributed by atoms with Crippen LogP contribution in [0.25, 0.3) is 0 Å². The number of ether oxygens (including phenoxy) is 1. The van der Waals surface area contributed by atoms with Crippen LogP contribution in [0.15, 0.2) is 16.0 Å². The molecule has 3 rings (SSSR count). The van der Waals surface area contributed by atoms with Gasteiger partial charge >= 0.3 is 5.97 Å². The summed E-state index contributed by atoms with van der Waals surface area (Å²) in [4.78, 5) is 44.3. The van der Waals surface area contributed by atoms with Gasteiger partial charge < -0.3 is 15.0 Å². The van der Waals surface area contributed by atoms with Gasteiger partial charge in [0.1, 0.15) is 5.00 Å². The molecule has 2 aromatic rings. The summed E-state index contributed by atoms with van der Waals surface area (Å²) >= 11 is 2.60. The summed E-state index contributed by atoms with van der Waals surface area (Å²) in [6.07, 6.45) is 4.37. The van der Waals surface area contributed by atoms with Gasteiger partial charge in [-0.1, -0.05) is 25.1 Å². The van der Waals surface area contributed by atoms with Gasteiger partial charge in [0.15, 0.2) is 5.16 Å². The van der Waals surface area contributed by atoms with E-state index in [2.05, 4.69) is 15.3 Å². The molecule has 1 amide bonds. The number of H-pyrrole nitrogens is 1. The van der Waals surface area contributed by atoms with Crippen molar-refractivity contribution in [3.8, 4) is 0 Å². The van der Waals surface area contributed by atoms with Crippen molar-refractivity contribution in [2.45, 2.75) is 44.2 Å². The number of fused-ring (bicyclic) bond motifs is 1. The van der Waals surface area contributed by atoms with E-state index in [1.54, 1.807) is 0 Å². The van der Waals surface area contributed by atoms with Gasteiger partial charge in [0, 0.05) is 16.6 Å². The monoisotopic (exact) mass is 407 g/mol. The molecule has 0 aliphatic heterocycles. The number of nitrogens with zero attached hydrogens (tertiary/aromatic N) is 1. The van der Waals surface area contributed by atoms with Gasteiger partial charge in [-0.3, -0.25) is 9.59 Å². The predicted octanol–water partition coefficient (Wildman–Crippen LogP) is 2.79. The largest absolute Gasteiger partial charge is 0.465 e. The predicted molar refractivity (Wildman–Crippen MR) is 106 cm³/mol. The lowest BCUT2D eigenvalue weighted by molar-refractivity contribution is -0.113. The van der Waals surface area contributed by atoms with Crippen LogP contribution in [0.2, 0.25) is 0 Å². The summed E-state index contributed by atoms with van der Waals surface area (Å²) in [5, 5.41) is 3.78. The minimum absolute atomic E-state index is 0.0850. The van der Waals surface area contributed by atoms with Crippen LogP contribution in [-0.4, -0.2) is 34.7 Å². The van der Waals surface area contributed by atoms with E-state index in [-0.39, 0.29) is 17.2 Å². The van der Waals surface area contributed by atoms with Gasteiger partial charge in [0.2, 0.25) is 5.91 Å². The number of esters is 1. The quantitative estimate of drug-likeness (QED) is 0.416. The van der Waals surface area contributed by atoms with Crippen LogP contribution in [0.4, 0.5) is 5.00 Å². The van der Waals surface area contributed by atoms with Crippen molar-refractivity contribution in [1.29, 1.82) is 0 Å². The van der Waals surface area contributed by atoms with Crippen LogP contribution in [0.5, 0.6) is 0 Å². The van der Waals surface area contributed by atoms with Crippen molar-refractivity contribution in [2.75, 3.05) is 18.2 Å². The van der Waals surface area contributed by atoms with Crippen LogP contribution in [0.3, 0.4) is 0 Å². The highest BCUT2D eigenvalue weighted by molar-refractivity contribution is 7.99. The lowest BCUT2D eigenvalue weighted by atomic mass is 10.1. The molecular weight excluding hydrogens is 386 g/mol. The first kappa shape index (κ1) is 19.6. The van der Waals surface area contributed by atoms with Gasteiger partial charge in [0.05, 0.1) is 18.4 Å². The molecule has 0 aromatic carbocycles. The van der Waals surface area contributed by atoms with Crippen molar-refractivity contribution in [1.82, 2.24) is 9.97 Å². The maximum atomic E-state index is 12.4. The average molecular weight is 408 g/mol. The molecule has 144 valence electrons. The number of aromatic nitrogens is 2. The number of rotatable bonds is 7. The van der Waals surface area contributed by atoms with Gasteiger partial charge in [-0.2, -0.15) is 0 Å². The second-order valence-corrected chi connectivity index (χ2v) is 8.25. The maximum absolute atomic E-state index is 12.4. The van der Waals surface area contributed by atoms with Crippen LogP contribution in [-0.2, 0) is 28.8 Å². The Morgan fingerprint density at radius 2 is 2.22 bits per heavy atom. The average Bonchev–Trinajstić information content (AvgIpc) is 3.20. The fourth-order valence-electron chi connectivity index (χ4n) is 3.04. The van der Waals surface area contributed by atoms with E-state index in [0.717, 1.165) is 47.9 Å². The van der Waals surface area contributed by atoms with E-state index in [1.807, 2.05) is 6.92 Å². The third kappa shape index (κ3) is 4.59. The smallest absolute Gasteiger partial charge is 0.341 e. The normalized spacial score (nSPS) is 12.7. The second-order valence-electron chi connectivity index (χ2n) is 6.18. The number of carbonyl (C=O) groups excluding carboxylic acids is 2. The Kier molecular flexibility index (Phi) is 6.33. The first-order chi connectivity index (χ1) is 13.0. The number of anilines is 1. The molecule has 0 saturated carbocycles. The van der Waals surface area contributed by atoms with E-state index in [4.69, 9.17) is 4.74 Å². The van der Waals surface area contributed by atoms with Crippen molar-refractivity contribution in [3.63, 3.8) is 0 Å². The van der Waals surface area contributed by atoms with Gasteiger partial charge in [-0.05, 0) is 31.2 Å². The summed E-state index contributed by atoms with van der Waals surface area (Å²) in [6, 6.07) is 1.48. The number of aryl methyl sites for hydroxylation is 2. The Labute approximate surface area is 164 Å². The zero-order valence-corrected chi connectivity index (χ0v) is 16.8. The number of aromatic amines is 1. The SMILES string of the molecule is CCCc1cc(=O)[nH]c(SCC(=O)Nc2sc3c(c2C(=O)OC)CCC3)n1. The molecule has 0 spiro atoms. The van der Waals surface area contributed by atoms with E-state index in [9.17, 15) is 14.4 Å². The third-order valence-electron chi connectivity index (χ3n) is 4.18. The third-order valence-corrected chi connectivity index (χ3v) is 6.26. The summed E-state index contributed by atoms with van der Waals surface area (Å²) in [5.74, 6) is -0.592. The Balaban J connectivity index is 1.69. The second kappa shape index (κ2) is 8.71. The Hall–Kier alpha value is -2.13. The van der Waals surface area contributed by atoms with Crippen molar-refractivity contribution in [2.24, 2.45) is 0 Å². The Morgan fingerprint density at radius 1 is 1.41 bits per heavy atom. The molecule has 1 aliphatic carbocycles. The van der Waals surface area contributed by atoms with Crippen LogP contribution in [0.1, 0.15) is 46.3 Å². The molecule has 1 aliphatic rings. The fraction of sp³-hybridized carbons (Fsp3) is 0.444. The molecule has 0 atom stereocenters. The lowest BCUT2D eigenvalue weighted by Crippen LogP contribution is -2.17. The van der Waals surface area contributed by atoms with Crippen LogP contribution < -0.4 is 10.9 Å². The number of thioether (sulfide) groups is 1. The van der Waals surface area contributed by atoms with Crippen LogP contribution >= 0.6 is 23.1 Å². The molecule has 2 N–H and O–H groups in total. The molecule has 0 fully saturated rings. The van der Waals surface area contributed by atoms with Crippen molar-refractivity contribution >= 4 is 40.0 Å². The molecule has 0 unspecified atom stereocenters. The minimum Gasteiger partial charge on any atom is -0.465 e. The van der Waals surface area contributed by atoms with Crippen molar-refractivity contribution < 1.29 is 14.3 Å². The molecule has 9 heteroatoms. The zero-order valence-electron chi connectivity index (χ0n) is 15.2. The molecule has 27 heavy (non-hydrogen) atoms. The molecule has 0 bridgehead atoms. The highest BCUT2D eigenvalue weighted by Gasteiger charge is 2.28. The molecule has 0 radical (unpaired) electrons. The Morgan fingerprint density at radius 3 is 2.96 bits per heavy atom. The fourth-order valence-corrected chi connectivity index (χ4v) is 5.03. The molecule has 2 aromatic heterocycles. The number of methoxy groups -OCH3 is 1. The molecule has 0 saturated heterocycles. The maximum Gasteiger partial charge on any atom is 0.341 e. The number of thiophene rings is 1. The summed E-state index contributed by atoms with van der Waals surface area (Å²) in [7, 11) is 1.34.